The van der Waals surface area contributed by atoms with Gasteiger partial charge in [0.15, 0.2) is 8.32 Å². The van der Waals surface area contributed by atoms with E-state index in [4.69, 9.17) is 4.43 Å². The van der Waals surface area contributed by atoms with Gasteiger partial charge in [0.2, 0.25) is 0 Å². The number of rotatable bonds is 4. The maximum absolute atomic E-state index is 6.61. The van der Waals surface area contributed by atoms with E-state index in [1.165, 1.54) is 0 Å². The Hall–Kier alpha value is -1.52. The second-order valence-electron chi connectivity index (χ2n) is 8.06. The van der Waals surface area contributed by atoms with E-state index in [1.54, 1.807) is 0 Å². The Kier molecular flexibility index (Phi) is 6.25. The third-order valence-electron chi connectivity index (χ3n) is 4.49. The fourth-order valence-electron chi connectivity index (χ4n) is 1.85. The van der Waals surface area contributed by atoms with Gasteiger partial charge < -0.3 is 4.43 Å². The highest BCUT2D eigenvalue weighted by atomic mass is 28.4. The summed E-state index contributed by atoms with van der Waals surface area (Å²) < 4.78 is 6.61. The summed E-state index contributed by atoms with van der Waals surface area (Å²) in [5, 5.41) is 0.146. The zero-order valence-electron chi connectivity index (χ0n) is 15.7. The van der Waals surface area contributed by atoms with Crippen LogP contribution >= 0.6 is 0 Å². The van der Waals surface area contributed by atoms with Crippen LogP contribution < -0.4 is 0 Å². The Morgan fingerprint density at radius 2 is 1.65 bits per heavy atom. The smallest absolute Gasteiger partial charge is 0.193 e. The van der Waals surface area contributed by atoms with Crippen molar-refractivity contribution in [1.82, 2.24) is 0 Å². The fraction of sp³-hybridized carbons (Fsp3) is 0.476. The maximum atomic E-state index is 6.61. The standard InChI is InChI=1S/C21H30OSi/c1-9-17-21(5,6)19(22-23(7,8)20(2,3)4)16-15-18-13-11-10-12-14-18/h10-14,17,19H,1H2,2-8H3. The second-order valence-corrected chi connectivity index (χ2v) is 12.8. The van der Waals surface area contributed by atoms with E-state index in [9.17, 15) is 0 Å². The molecule has 23 heavy (non-hydrogen) atoms. The molecule has 0 bridgehead atoms. The van der Waals surface area contributed by atoms with Gasteiger partial charge in [-0.3, -0.25) is 0 Å². The van der Waals surface area contributed by atoms with Crippen molar-refractivity contribution in [3.05, 3.63) is 54.3 Å². The quantitative estimate of drug-likeness (QED) is 0.386. The minimum Gasteiger partial charge on any atom is -0.402 e. The molecule has 0 heterocycles. The summed E-state index contributed by atoms with van der Waals surface area (Å²) in [6.07, 6.45) is 1.78. The van der Waals surface area contributed by atoms with Gasteiger partial charge in [-0.2, -0.15) is 0 Å². The monoisotopic (exact) mass is 326 g/mol. The Bertz CT molecular complexity index is 617. The van der Waals surface area contributed by atoms with Crippen LogP contribution in [0.3, 0.4) is 0 Å². The molecule has 0 aliphatic carbocycles. The lowest BCUT2D eigenvalue weighted by Gasteiger charge is -2.41. The highest BCUT2D eigenvalue weighted by molar-refractivity contribution is 6.74. The predicted molar refractivity (Wildman–Crippen MR) is 103 cm³/mol. The van der Waals surface area contributed by atoms with Crippen LogP contribution in [-0.2, 0) is 4.43 Å². The fourth-order valence-corrected chi connectivity index (χ4v) is 3.15. The van der Waals surface area contributed by atoms with E-state index in [1.807, 2.05) is 36.4 Å². The lowest BCUT2D eigenvalue weighted by Crippen LogP contribution is -2.47. The van der Waals surface area contributed by atoms with Crippen LogP contribution in [-0.4, -0.2) is 14.4 Å². The van der Waals surface area contributed by atoms with Gasteiger partial charge in [0, 0.05) is 11.0 Å². The Morgan fingerprint density at radius 3 is 2.13 bits per heavy atom. The molecule has 2 heteroatoms. The molecule has 1 aromatic carbocycles. The number of benzene rings is 1. The molecule has 1 unspecified atom stereocenters. The first-order valence-corrected chi connectivity index (χ1v) is 11.0. The summed E-state index contributed by atoms with van der Waals surface area (Å²) >= 11 is 0. The van der Waals surface area contributed by atoms with Crippen LogP contribution in [0.1, 0.15) is 40.2 Å². The molecule has 124 valence electrons. The van der Waals surface area contributed by atoms with Gasteiger partial charge in [-0.15, -0.1) is 5.73 Å². The van der Waals surface area contributed by atoms with Crippen molar-refractivity contribution in [2.45, 2.75) is 58.9 Å². The van der Waals surface area contributed by atoms with E-state index in [0.717, 1.165) is 5.56 Å². The van der Waals surface area contributed by atoms with Crippen LogP contribution in [0.25, 0.3) is 0 Å². The Morgan fingerprint density at radius 1 is 1.09 bits per heavy atom. The van der Waals surface area contributed by atoms with Gasteiger partial charge >= 0.3 is 0 Å². The maximum Gasteiger partial charge on any atom is 0.193 e. The highest BCUT2D eigenvalue weighted by Gasteiger charge is 2.41. The number of hydrogen-bond donors (Lipinski definition) is 0. The molecule has 0 aliphatic heterocycles. The van der Waals surface area contributed by atoms with E-state index in [0.29, 0.717) is 0 Å². The molecule has 0 amide bonds. The Labute approximate surface area is 143 Å². The van der Waals surface area contributed by atoms with Crippen molar-refractivity contribution >= 4 is 8.32 Å². The molecule has 1 rings (SSSR count). The summed E-state index contributed by atoms with van der Waals surface area (Å²) in [6, 6.07) is 10.0. The van der Waals surface area contributed by atoms with E-state index < -0.39 is 8.32 Å². The molecule has 1 nitrogen and oxygen atoms in total. The van der Waals surface area contributed by atoms with Gasteiger partial charge in [0.05, 0.1) is 0 Å². The lowest BCUT2D eigenvalue weighted by molar-refractivity contribution is 0.142. The van der Waals surface area contributed by atoms with Gasteiger partial charge in [-0.25, -0.2) is 0 Å². The topological polar surface area (TPSA) is 9.23 Å². The Balaban J connectivity index is 3.19. The highest BCUT2D eigenvalue weighted by Crippen LogP contribution is 2.39. The molecule has 0 N–H and O–H groups in total. The molecule has 1 aromatic rings. The zero-order chi connectivity index (χ0) is 17.7. The number of hydrogen-bond acceptors (Lipinski definition) is 1. The van der Waals surface area contributed by atoms with Crippen LogP contribution in [0.5, 0.6) is 0 Å². The molecule has 0 saturated heterocycles. The SMILES string of the molecule is C=C=CC(C)(C)C(C#Cc1ccccc1)O[Si](C)(C)C(C)(C)C. The minimum atomic E-state index is -1.92. The minimum absolute atomic E-state index is 0.146. The van der Waals surface area contributed by atoms with Crippen molar-refractivity contribution in [1.29, 1.82) is 0 Å². The average molecular weight is 327 g/mol. The van der Waals surface area contributed by atoms with Crippen molar-refractivity contribution in [2.24, 2.45) is 5.41 Å². The summed E-state index contributed by atoms with van der Waals surface area (Å²) in [5.41, 5.74) is 3.68. The van der Waals surface area contributed by atoms with Crippen LogP contribution in [0.4, 0.5) is 0 Å². The van der Waals surface area contributed by atoms with E-state index in [2.05, 4.69) is 71.9 Å². The van der Waals surface area contributed by atoms with Gasteiger partial charge in [-0.1, -0.05) is 71.2 Å². The van der Waals surface area contributed by atoms with Crippen molar-refractivity contribution in [3.63, 3.8) is 0 Å². The van der Waals surface area contributed by atoms with Crippen LogP contribution in [0, 0.1) is 17.3 Å². The summed E-state index contributed by atoms with van der Waals surface area (Å²) in [5.74, 6) is 6.62. The zero-order valence-corrected chi connectivity index (χ0v) is 16.7. The second kappa shape index (κ2) is 7.36. The van der Waals surface area contributed by atoms with Gasteiger partial charge in [0.25, 0.3) is 0 Å². The van der Waals surface area contributed by atoms with Crippen LogP contribution in [0.2, 0.25) is 18.1 Å². The molecular weight excluding hydrogens is 296 g/mol. The molecular formula is C21H30OSi. The van der Waals surface area contributed by atoms with E-state index >= 15 is 0 Å². The predicted octanol–water partition coefficient (Wildman–Crippen LogP) is 5.80. The first-order chi connectivity index (χ1) is 10.5. The molecule has 1 atom stereocenters. The summed E-state index contributed by atoms with van der Waals surface area (Å²) in [6.45, 7) is 19.2. The normalized spacial score (nSPS) is 13.5. The van der Waals surface area contributed by atoms with Gasteiger partial charge in [-0.05, 0) is 36.3 Å². The third kappa shape index (κ3) is 5.55. The molecule has 0 saturated carbocycles. The van der Waals surface area contributed by atoms with Crippen molar-refractivity contribution in [2.75, 3.05) is 0 Å². The van der Waals surface area contributed by atoms with E-state index in [-0.39, 0.29) is 16.6 Å². The molecule has 0 fully saturated rings. The third-order valence-corrected chi connectivity index (χ3v) is 8.93. The molecule has 0 aliphatic rings. The first kappa shape index (κ1) is 19.5. The average Bonchev–Trinajstić information content (AvgIpc) is 2.43. The summed E-state index contributed by atoms with van der Waals surface area (Å²) in [7, 11) is -1.92. The summed E-state index contributed by atoms with van der Waals surface area (Å²) in [4.78, 5) is 0. The van der Waals surface area contributed by atoms with Crippen LogP contribution in [0.15, 0.2) is 48.7 Å². The van der Waals surface area contributed by atoms with Gasteiger partial charge in [0.1, 0.15) is 6.10 Å². The first-order valence-electron chi connectivity index (χ1n) is 8.11. The largest absolute Gasteiger partial charge is 0.402 e. The molecule has 0 aromatic heterocycles. The molecule has 0 radical (unpaired) electrons. The lowest BCUT2D eigenvalue weighted by atomic mass is 9.87. The van der Waals surface area contributed by atoms with Crippen molar-refractivity contribution in [3.8, 4) is 11.8 Å². The molecule has 0 spiro atoms. The van der Waals surface area contributed by atoms with Crippen molar-refractivity contribution < 1.29 is 4.43 Å².